The van der Waals surface area contributed by atoms with E-state index in [1.165, 1.54) is 4.57 Å². The van der Waals surface area contributed by atoms with Crippen molar-refractivity contribution in [3.8, 4) is 0 Å². The second-order valence-electron chi connectivity index (χ2n) is 9.50. The third kappa shape index (κ3) is 5.17. The van der Waals surface area contributed by atoms with Crippen LogP contribution >= 0.6 is 0 Å². The van der Waals surface area contributed by atoms with Gasteiger partial charge in [0, 0.05) is 12.0 Å². The molecular formula is C23H32N2O5S. The Labute approximate surface area is 183 Å². The lowest BCUT2D eigenvalue weighted by Crippen LogP contribution is -2.42. The van der Waals surface area contributed by atoms with Crippen LogP contribution in [0.5, 0.6) is 0 Å². The molecule has 0 unspecified atom stereocenters. The minimum atomic E-state index is -3.25. The third-order valence-corrected chi connectivity index (χ3v) is 8.49. The van der Waals surface area contributed by atoms with Crippen LogP contribution in [0.1, 0.15) is 59.3 Å². The average Bonchev–Trinajstić information content (AvgIpc) is 2.73. The van der Waals surface area contributed by atoms with Crippen molar-refractivity contribution < 1.29 is 13.2 Å². The highest BCUT2D eigenvalue weighted by Crippen LogP contribution is 2.24. The van der Waals surface area contributed by atoms with E-state index in [-0.39, 0.29) is 36.3 Å². The van der Waals surface area contributed by atoms with Gasteiger partial charge in [0.05, 0.1) is 28.5 Å². The molecule has 0 bridgehead atoms. The number of para-hydroxylation sites is 1. The lowest BCUT2D eigenvalue weighted by molar-refractivity contribution is -0.126. The maximum Gasteiger partial charge on any atom is 0.331 e. The molecule has 0 aliphatic heterocycles. The van der Waals surface area contributed by atoms with Crippen molar-refractivity contribution >= 4 is 26.5 Å². The maximum atomic E-state index is 13.1. The van der Waals surface area contributed by atoms with Crippen LogP contribution in [0.2, 0.25) is 0 Å². The van der Waals surface area contributed by atoms with Gasteiger partial charge in [-0.3, -0.25) is 18.7 Å². The molecule has 3 rings (SSSR count). The Morgan fingerprint density at radius 2 is 1.68 bits per heavy atom. The zero-order chi connectivity index (χ0) is 22.8. The summed E-state index contributed by atoms with van der Waals surface area (Å²) in [5.74, 6) is -0.165. The zero-order valence-corrected chi connectivity index (χ0v) is 19.4. The number of hydrogen-bond donors (Lipinski definition) is 0. The molecule has 2 aromatic rings. The molecule has 1 fully saturated rings. The second-order valence-corrected chi connectivity index (χ2v) is 11.9. The van der Waals surface area contributed by atoms with Gasteiger partial charge in [-0.05, 0) is 31.4 Å². The van der Waals surface area contributed by atoms with Crippen molar-refractivity contribution in [3.63, 3.8) is 0 Å². The van der Waals surface area contributed by atoms with Crippen LogP contribution in [-0.4, -0.2) is 34.3 Å². The molecule has 0 spiro atoms. The molecule has 1 aliphatic carbocycles. The molecule has 0 radical (unpaired) electrons. The molecule has 31 heavy (non-hydrogen) atoms. The largest absolute Gasteiger partial charge is 0.331 e. The van der Waals surface area contributed by atoms with Gasteiger partial charge in [-0.25, -0.2) is 13.2 Å². The quantitative estimate of drug-likeness (QED) is 0.649. The Balaban J connectivity index is 1.91. The number of fused-ring (bicyclic) bond motifs is 1. The van der Waals surface area contributed by atoms with Gasteiger partial charge in [0.25, 0.3) is 5.56 Å². The summed E-state index contributed by atoms with van der Waals surface area (Å²) >= 11 is 0. The zero-order valence-electron chi connectivity index (χ0n) is 18.6. The number of carbonyl (C=O) groups is 1. The van der Waals surface area contributed by atoms with Crippen LogP contribution in [0.25, 0.3) is 10.9 Å². The maximum absolute atomic E-state index is 13.1. The fraction of sp³-hybridized carbons (Fsp3) is 0.609. The predicted octanol–water partition coefficient (Wildman–Crippen LogP) is 2.92. The average molecular weight is 449 g/mol. The van der Waals surface area contributed by atoms with E-state index < -0.39 is 26.5 Å². The number of nitrogens with zero attached hydrogens (tertiary/aromatic N) is 2. The van der Waals surface area contributed by atoms with Gasteiger partial charge in [-0.2, -0.15) is 0 Å². The molecular weight excluding hydrogens is 416 g/mol. The van der Waals surface area contributed by atoms with Crippen molar-refractivity contribution in [1.29, 1.82) is 0 Å². The first-order valence-corrected chi connectivity index (χ1v) is 12.7. The van der Waals surface area contributed by atoms with Crippen LogP contribution in [-0.2, 0) is 27.7 Å². The van der Waals surface area contributed by atoms with Crippen LogP contribution in [0, 0.1) is 5.41 Å². The molecule has 0 N–H and O–H groups in total. The summed E-state index contributed by atoms with van der Waals surface area (Å²) in [5, 5.41) is 0.0367. The highest BCUT2D eigenvalue weighted by atomic mass is 32.2. The fourth-order valence-electron chi connectivity index (χ4n) is 4.12. The van der Waals surface area contributed by atoms with Crippen LogP contribution < -0.4 is 11.2 Å². The van der Waals surface area contributed by atoms with E-state index in [2.05, 4.69) is 0 Å². The van der Waals surface area contributed by atoms with Gasteiger partial charge in [0.1, 0.15) is 0 Å². The SMILES string of the molecule is CC(C)(C)C(=O)Cn1c(=O)n(CCCS(=O)(=O)C2CCCCC2)c(=O)c2ccccc21. The first kappa shape index (κ1) is 23.4. The van der Waals surface area contributed by atoms with Gasteiger partial charge >= 0.3 is 5.69 Å². The smallest absolute Gasteiger partial charge is 0.297 e. The molecule has 1 aromatic heterocycles. The topological polar surface area (TPSA) is 95.2 Å². The third-order valence-electron chi connectivity index (χ3n) is 6.14. The predicted molar refractivity (Wildman–Crippen MR) is 122 cm³/mol. The Kier molecular flexibility index (Phi) is 6.88. The molecule has 1 aromatic carbocycles. The van der Waals surface area contributed by atoms with Crippen LogP contribution in [0.15, 0.2) is 33.9 Å². The van der Waals surface area contributed by atoms with Crippen molar-refractivity contribution in [2.75, 3.05) is 5.75 Å². The minimum absolute atomic E-state index is 0.0121. The summed E-state index contributed by atoms with van der Waals surface area (Å²) in [6.07, 6.45) is 4.52. The molecule has 8 heteroatoms. The summed E-state index contributed by atoms with van der Waals surface area (Å²) in [6, 6.07) is 6.72. The van der Waals surface area contributed by atoms with E-state index in [4.69, 9.17) is 0 Å². The molecule has 0 saturated heterocycles. The second kappa shape index (κ2) is 9.10. The highest BCUT2D eigenvalue weighted by Gasteiger charge is 2.27. The standard InChI is InChI=1S/C23H32N2O5S/c1-23(2,3)20(26)16-25-19-13-8-7-12-18(19)21(27)24(22(25)28)14-9-15-31(29,30)17-10-5-4-6-11-17/h7-8,12-13,17H,4-6,9-11,14-16H2,1-3H3. The number of sulfone groups is 1. The fourth-order valence-corrected chi connectivity index (χ4v) is 6.03. The first-order chi connectivity index (χ1) is 14.5. The summed E-state index contributed by atoms with van der Waals surface area (Å²) in [6.45, 7) is 5.24. The Morgan fingerprint density at radius 1 is 1.03 bits per heavy atom. The number of Topliss-reactive ketones (excluding diaryl/α,β-unsaturated/α-hetero) is 1. The Morgan fingerprint density at radius 3 is 2.32 bits per heavy atom. The molecule has 170 valence electrons. The van der Waals surface area contributed by atoms with Crippen molar-refractivity contribution in [3.05, 3.63) is 45.1 Å². The van der Waals surface area contributed by atoms with E-state index in [9.17, 15) is 22.8 Å². The van der Waals surface area contributed by atoms with E-state index in [0.717, 1.165) is 23.8 Å². The number of aromatic nitrogens is 2. The number of benzene rings is 1. The summed E-state index contributed by atoms with van der Waals surface area (Å²) in [7, 11) is -3.25. The number of rotatable bonds is 7. The lowest BCUT2D eigenvalue weighted by Gasteiger charge is -2.22. The van der Waals surface area contributed by atoms with Gasteiger partial charge < -0.3 is 0 Å². The van der Waals surface area contributed by atoms with Gasteiger partial charge in [-0.15, -0.1) is 0 Å². The van der Waals surface area contributed by atoms with E-state index in [1.807, 2.05) is 0 Å². The molecule has 1 aliphatic rings. The van der Waals surface area contributed by atoms with Gasteiger partial charge in [0.15, 0.2) is 15.6 Å². The summed E-state index contributed by atoms with van der Waals surface area (Å²) in [4.78, 5) is 38.7. The number of hydrogen-bond acceptors (Lipinski definition) is 5. The van der Waals surface area contributed by atoms with E-state index in [0.29, 0.717) is 23.7 Å². The summed E-state index contributed by atoms with van der Waals surface area (Å²) in [5.41, 5.74) is -1.23. The van der Waals surface area contributed by atoms with Gasteiger partial charge in [0.2, 0.25) is 0 Å². The van der Waals surface area contributed by atoms with Gasteiger partial charge in [-0.1, -0.05) is 52.2 Å². The number of carbonyl (C=O) groups excluding carboxylic acids is 1. The molecule has 0 amide bonds. The lowest BCUT2D eigenvalue weighted by atomic mass is 9.91. The van der Waals surface area contributed by atoms with Crippen molar-refractivity contribution in [1.82, 2.24) is 9.13 Å². The van der Waals surface area contributed by atoms with E-state index in [1.54, 1.807) is 45.0 Å². The molecule has 0 atom stereocenters. The summed E-state index contributed by atoms with van der Waals surface area (Å²) < 4.78 is 27.7. The van der Waals surface area contributed by atoms with E-state index >= 15 is 0 Å². The molecule has 1 saturated carbocycles. The Hall–Kier alpha value is -2.22. The van der Waals surface area contributed by atoms with Crippen LogP contribution in [0.3, 0.4) is 0 Å². The highest BCUT2D eigenvalue weighted by molar-refractivity contribution is 7.92. The normalized spacial score (nSPS) is 16.0. The molecule has 1 heterocycles. The van der Waals surface area contributed by atoms with Crippen LogP contribution in [0.4, 0.5) is 0 Å². The monoisotopic (exact) mass is 448 g/mol. The van der Waals surface area contributed by atoms with Crippen molar-refractivity contribution in [2.24, 2.45) is 5.41 Å². The Bertz CT molecular complexity index is 1180. The minimum Gasteiger partial charge on any atom is -0.297 e. The number of ketones is 1. The first-order valence-electron chi connectivity index (χ1n) is 11.0. The van der Waals surface area contributed by atoms with Crippen molar-refractivity contribution in [2.45, 2.75) is 77.6 Å². The molecule has 7 nitrogen and oxygen atoms in total.